The van der Waals surface area contributed by atoms with Crippen molar-refractivity contribution in [2.24, 2.45) is 0 Å². The Bertz CT molecular complexity index is 1470. The molecule has 0 aromatic carbocycles. The fourth-order valence-electron chi connectivity index (χ4n) is 7.51. The Morgan fingerprint density at radius 1 is 0.314 bits per heavy atom. The molecule has 1 unspecified atom stereocenters. The van der Waals surface area contributed by atoms with E-state index in [4.69, 9.17) is 14.2 Å². The Balaban J connectivity index is 4.37. The molecule has 0 fully saturated rings. The maximum atomic E-state index is 12.9. The highest BCUT2D eigenvalue weighted by Gasteiger charge is 2.17. The summed E-state index contributed by atoms with van der Waals surface area (Å²) in [5.41, 5.74) is 0. The second kappa shape index (κ2) is 59.3. The molecule has 5 heteroatoms. The molecule has 0 rings (SSSR count). The fourth-order valence-corrected chi connectivity index (χ4v) is 7.51. The monoisotopic (exact) mass is 967 g/mol. The molecule has 0 aromatic rings. The van der Waals surface area contributed by atoms with E-state index in [0.717, 1.165) is 141 Å². The lowest BCUT2D eigenvalue weighted by Crippen LogP contribution is -2.30. The van der Waals surface area contributed by atoms with Crippen LogP contribution in [0.4, 0.5) is 0 Å². The maximum absolute atomic E-state index is 12.9. The molecule has 0 saturated heterocycles. The number of rotatable bonds is 51. The van der Waals surface area contributed by atoms with Crippen LogP contribution < -0.4 is 0 Å². The maximum Gasteiger partial charge on any atom is 0.306 e. The van der Waals surface area contributed by atoms with Crippen molar-refractivity contribution in [2.45, 2.75) is 245 Å². The molecule has 70 heavy (non-hydrogen) atoms. The van der Waals surface area contributed by atoms with Crippen molar-refractivity contribution in [1.29, 1.82) is 0 Å². The minimum Gasteiger partial charge on any atom is -0.462 e. The molecule has 0 amide bonds. The number of hydrogen-bond acceptors (Lipinski definition) is 5. The number of unbranched alkanes of at least 4 members (excludes halogenated alkanes) is 18. The number of carbonyl (C=O) groups excluding carboxylic acids is 2. The quantitative estimate of drug-likeness (QED) is 0.0345. The van der Waals surface area contributed by atoms with Gasteiger partial charge < -0.3 is 14.2 Å². The smallest absolute Gasteiger partial charge is 0.306 e. The Morgan fingerprint density at radius 2 is 0.600 bits per heavy atom. The van der Waals surface area contributed by atoms with Crippen molar-refractivity contribution in [3.8, 4) is 0 Å². The van der Waals surface area contributed by atoms with Gasteiger partial charge in [-0.15, -0.1) is 0 Å². The van der Waals surface area contributed by atoms with Crippen LogP contribution in [0.25, 0.3) is 0 Å². The first-order chi connectivity index (χ1) is 34.6. The fraction of sp³-hybridized carbons (Fsp3) is 0.631. The number of allylic oxidation sites excluding steroid dienone is 22. The standard InChI is InChI=1S/C65H106O5/c1-4-7-10-13-16-19-22-25-28-30-32-34-36-39-42-45-48-51-54-57-60-68-61-63(70-65(67)59-56-53-50-47-44-41-37-27-24-21-18-15-12-9-6-3)62-69-64(66)58-55-52-49-46-43-40-38-35-33-31-29-26-23-20-17-14-11-8-5-2/h7-12,16-21,25-29,32-35,37,63H,4-6,13-15,22-24,30-31,36,38-62H2,1-3H3/b10-7-,11-8-,12-9-,19-16-,20-17-,21-18-,28-25-,29-26-,34-32-,35-33-,37-27-. The highest BCUT2D eigenvalue weighted by molar-refractivity contribution is 5.70. The summed E-state index contributed by atoms with van der Waals surface area (Å²) in [7, 11) is 0. The van der Waals surface area contributed by atoms with Crippen LogP contribution in [0.2, 0.25) is 0 Å². The molecule has 0 radical (unpaired) electrons. The van der Waals surface area contributed by atoms with E-state index in [2.05, 4.69) is 154 Å². The van der Waals surface area contributed by atoms with Crippen LogP contribution in [-0.2, 0) is 23.8 Å². The van der Waals surface area contributed by atoms with E-state index >= 15 is 0 Å². The van der Waals surface area contributed by atoms with E-state index < -0.39 is 6.10 Å². The van der Waals surface area contributed by atoms with Gasteiger partial charge in [-0.2, -0.15) is 0 Å². The minimum atomic E-state index is -0.568. The van der Waals surface area contributed by atoms with Crippen molar-refractivity contribution in [3.63, 3.8) is 0 Å². The Labute approximate surface area is 432 Å². The summed E-state index contributed by atoms with van der Waals surface area (Å²) in [6.07, 6.45) is 84.7. The van der Waals surface area contributed by atoms with Crippen molar-refractivity contribution >= 4 is 11.9 Å². The summed E-state index contributed by atoms with van der Waals surface area (Å²) in [6.45, 7) is 7.43. The van der Waals surface area contributed by atoms with Gasteiger partial charge in [-0.25, -0.2) is 0 Å². The van der Waals surface area contributed by atoms with Crippen LogP contribution >= 0.6 is 0 Å². The number of esters is 2. The predicted molar refractivity (Wildman–Crippen MR) is 306 cm³/mol. The second-order valence-electron chi connectivity index (χ2n) is 18.4. The Hall–Kier alpha value is -3.96. The average molecular weight is 968 g/mol. The van der Waals surface area contributed by atoms with Gasteiger partial charge in [-0.05, 0) is 128 Å². The van der Waals surface area contributed by atoms with Crippen LogP contribution in [0.15, 0.2) is 134 Å². The molecule has 396 valence electrons. The van der Waals surface area contributed by atoms with Crippen LogP contribution in [0.3, 0.4) is 0 Å². The summed E-state index contributed by atoms with van der Waals surface area (Å²) in [5.74, 6) is -0.445. The van der Waals surface area contributed by atoms with Gasteiger partial charge in [-0.3, -0.25) is 9.59 Å². The molecule has 0 N–H and O–H groups in total. The molecule has 0 aliphatic heterocycles. The van der Waals surface area contributed by atoms with Gasteiger partial charge in [-0.1, -0.05) is 231 Å². The second-order valence-corrected chi connectivity index (χ2v) is 18.4. The van der Waals surface area contributed by atoms with E-state index in [-0.39, 0.29) is 25.2 Å². The lowest BCUT2D eigenvalue weighted by atomic mass is 10.1. The lowest BCUT2D eigenvalue weighted by molar-refractivity contribution is -0.163. The highest BCUT2D eigenvalue weighted by atomic mass is 16.6. The predicted octanol–water partition coefficient (Wildman–Crippen LogP) is 19.9. The summed E-state index contributed by atoms with van der Waals surface area (Å²) >= 11 is 0. The number of carbonyl (C=O) groups is 2. The van der Waals surface area contributed by atoms with Crippen LogP contribution in [-0.4, -0.2) is 37.9 Å². The van der Waals surface area contributed by atoms with E-state index in [1.54, 1.807) is 0 Å². The summed E-state index contributed by atoms with van der Waals surface area (Å²) < 4.78 is 17.5. The number of hydrogen-bond donors (Lipinski definition) is 0. The molecular formula is C65H106O5. The topological polar surface area (TPSA) is 61.8 Å². The van der Waals surface area contributed by atoms with Gasteiger partial charge >= 0.3 is 11.9 Å². The van der Waals surface area contributed by atoms with E-state index in [0.29, 0.717) is 19.4 Å². The van der Waals surface area contributed by atoms with Gasteiger partial charge in [0.1, 0.15) is 6.61 Å². The van der Waals surface area contributed by atoms with Crippen molar-refractivity contribution < 1.29 is 23.8 Å². The molecule has 1 atom stereocenters. The third kappa shape index (κ3) is 56.6. The highest BCUT2D eigenvalue weighted by Crippen LogP contribution is 2.13. The summed E-state index contributed by atoms with van der Waals surface area (Å²) in [5, 5.41) is 0. The van der Waals surface area contributed by atoms with E-state index in [9.17, 15) is 9.59 Å². The van der Waals surface area contributed by atoms with E-state index in [1.807, 2.05) is 0 Å². The van der Waals surface area contributed by atoms with Gasteiger partial charge in [0.15, 0.2) is 6.10 Å². The van der Waals surface area contributed by atoms with Gasteiger partial charge in [0.25, 0.3) is 0 Å². The summed E-state index contributed by atoms with van der Waals surface area (Å²) in [4.78, 5) is 25.5. The normalized spacial score (nSPS) is 13.2. The zero-order valence-corrected chi connectivity index (χ0v) is 45.5. The SMILES string of the molecule is CC/C=C\C/C=C\C/C=C\C/C=C\CCCCCCCCCOCC(COC(=O)CCCCCCCC/C=C\C/C=C\C/C=C\C/C=C\CC)OC(=O)CCCCCCC/C=C\C/C=C\C/C=C\CC. The first-order valence-corrected chi connectivity index (χ1v) is 28.7. The lowest BCUT2D eigenvalue weighted by Gasteiger charge is -2.18. The molecule has 0 saturated carbocycles. The molecule has 0 bridgehead atoms. The number of ether oxygens (including phenoxy) is 3. The van der Waals surface area contributed by atoms with Crippen LogP contribution in [0.5, 0.6) is 0 Å². The molecule has 0 heterocycles. The first-order valence-electron chi connectivity index (χ1n) is 28.7. The van der Waals surface area contributed by atoms with Gasteiger partial charge in [0.05, 0.1) is 6.61 Å². The largest absolute Gasteiger partial charge is 0.462 e. The Morgan fingerprint density at radius 3 is 0.957 bits per heavy atom. The molecule has 0 spiro atoms. The molecule has 0 aromatic heterocycles. The van der Waals surface area contributed by atoms with Crippen molar-refractivity contribution in [3.05, 3.63) is 134 Å². The third-order valence-electron chi connectivity index (χ3n) is 11.7. The van der Waals surface area contributed by atoms with Crippen molar-refractivity contribution in [1.82, 2.24) is 0 Å². The Kier molecular flexibility index (Phi) is 56.0. The van der Waals surface area contributed by atoms with Gasteiger partial charge in [0, 0.05) is 19.4 Å². The summed E-state index contributed by atoms with van der Waals surface area (Å²) in [6, 6.07) is 0. The van der Waals surface area contributed by atoms with Crippen LogP contribution in [0, 0.1) is 0 Å². The first kappa shape index (κ1) is 66.0. The van der Waals surface area contributed by atoms with Crippen LogP contribution in [0.1, 0.15) is 239 Å². The minimum absolute atomic E-state index is 0.0575. The molecule has 0 aliphatic rings. The zero-order valence-electron chi connectivity index (χ0n) is 45.5. The molecule has 5 nitrogen and oxygen atoms in total. The molecular weight excluding hydrogens is 861 g/mol. The average Bonchev–Trinajstić information content (AvgIpc) is 3.36. The van der Waals surface area contributed by atoms with E-state index in [1.165, 1.54) is 64.2 Å². The van der Waals surface area contributed by atoms with Gasteiger partial charge in [0.2, 0.25) is 0 Å². The third-order valence-corrected chi connectivity index (χ3v) is 11.7. The zero-order chi connectivity index (χ0) is 50.6. The van der Waals surface area contributed by atoms with Crippen molar-refractivity contribution in [2.75, 3.05) is 19.8 Å². The molecule has 0 aliphatic carbocycles.